The van der Waals surface area contributed by atoms with E-state index in [2.05, 4.69) is 13.8 Å². The molecule has 0 aromatic rings. The van der Waals surface area contributed by atoms with Crippen molar-refractivity contribution in [3.63, 3.8) is 0 Å². The molecule has 0 rings (SSSR count). The molecule has 0 heterocycles. The molecule has 0 aliphatic carbocycles. The summed E-state index contributed by atoms with van der Waals surface area (Å²) in [6.45, 7) is 6.19. The summed E-state index contributed by atoms with van der Waals surface area (Å²) in [6, 6.07) is 0. The maximum absolute atomic E-state index is 5.48. The second-order valence-electron chi connectivity index (χ2n) is 2.89. The van der Waals surface area contributed by atoms with Gasteiger partial charge in [-0.2, -0.15) is 0 Å². The summed E-state index contributed by atoms with van der Waals surface area (Å²) in [6.07, 6.45) is 3.85. The topological polar surface area (TPSA) is 18.5 Å². The van der Waals surface area contributed by atoms with E-state index in [-0.39, 0.29) is 6.29 Å². The molecule has 0 radical (unpaired) electrons. The molecule has 0 saturated heterocycles. The van der Waals surface area contributed by atoms with Crippen molar-refractivity contribution in [3.05, 3.63) is 0 Å². The standard InChI is InChI=1S/C9H20O2/c1-5-6-7-8(2)11-9(3)10-4/h8-9H,5-7H2,1-4H3. The molecule has 0 bridgehead atoms. The van der Waals surface area contributed by atoms with Crippen LogP contribution >= 0.6 is 0 Å². The van der Waals surface area contributed by atoms with Crippen LogP contribution in [0, 0.1) is 0 Å². The summed E-state index contributed by atoms with van der Waals surface area (Å²) in [4.78, 5) is 0. The molecule has 0 saturated carbocycles. The Morgan fingerprint density at radius 2 is 1.91 bits per heavy atom. The van der Waals surface area contributed by atoms with E-state index in [1.54, 1.807) is 7.11 Å². The largest absolute Gasteiger partial charge is 0.356 e. The van der Waals surface area contributed by atoms with Crippen molar-refractivity contribution >= 4 is 0 Å². The highest BCUT2D eigenvalue weighted by Crippen LogP contribution is 2.06. The highest BCUT2D eigenvalue weighted by molar-refractivity contribution is 4.49. The van der Waals surface area contributed by atoms with Crippen molar-refractivity contribution < 1.29 is 9.47 Å². The first kappa shape index (κ1) is 10.9. The van der Waals surface area contributed by atoms with Gasteiger partial charge in [-0.3, -0.25) is 0 Å². The molecule has 0 fully saturated rings. The molecule has 2 nitrogen and oxygen atoms in total. The molecule has 0 aromatic heterocycles. The van der Waals surface area contributed by atoms with Crippen LogP contribution in [-0.4, -0.2) is 19.5 Å². The number of hydrogen-bond acceptors (Lipinski definition) is 2. The van der Waals surface area contributed by atoms with Gasteiger partial charge in [-0.15, -0.1) is 0 Å². The van der Waals surface area contributed by atoms with Crippen molar-refractivity contribution in [1.29, 1.82) is 0 Å². The first-order valence-electron chi connectivity index (χ1n) is 4.39. The van der Waals surface area contributed by atoms with E-state index in [0.29, 0.717) is 6.10 Å². The van der Waals surface area contributed by atoms with Gasteiger partial charge in [0.2, 0.25) is 0 Å². The molecule has 68 valence electrons. The van der Waals surface area contributed by atoms with Gasteiger partial charge in [0, 0.05) is 7.11 Å². The normalized spacial score (nSPS) is 16.4. The van der Waals surface area contributed by atoms with Gasteiger partial charge < -0.3 is 9.47 Å². The fourth-order valence-corrected chi connectivity index (χ4v) is 0.942. The number of ether oxygens (including phenoxy) is 2. The third-order valence-corrected chi connectivity index (χ3v) is 1.72. The van der Waals surface area contributed by atoms with Gasteiger partial charge in [0.25, 0.3) is 0 Å². The Morgan fingerprint density at radius 1 is 1.27 bits per heavy atom. The minimum absolute atomic E-state index is 0.0677. The van der Waals surface area contributed by atoms with Crippen LogP contribution < -0.4 is 0 Å². The van der Waals surface area contributed by atoms with E-state index in [4.69, 9.17) is 9.47 Å². The molecule has 0 spiro atoms. The lowest BCUT2D eigenvalue weighted by Crippen LogP contribution is -2.18. The molecule has 0 aliphatic rings. The quantitative estimate of drug-likeness (QED) is 0.556. The number of rotatable bonds is 6. The lowest BCUT2D eigenvalue weighted by molar-refractivity contribution is -0.140. The fraction of sp³-hybridized carbons (Fsp3) is 1.00. The predicted molar refractivity (Wildman–Crippen MR) is 46.5 cm³/mol. The van der Waals surface area contributed by atoms with E-state index in [9.17, 15) is 0 Å². The summed E-state index contributed by atoms with van der Waals surface area (Å²) in [5.74, 6) is 0. The summed E-state index contributed by atoms with van der Waals surface area (Å²) in [5.41, 5.74) is 0. The lowest BCUT2D eigenvalue weighted by atomic mass is 10.2. The van der Waals surface area contributed by atoms with Gasteiger partial charge in [-0.25, -0.2) is 0 Å². The fourth-order valence-electron chi connectivity index (χ4n) is 0.942. The third-order valence-electron chi connectivity index (χ3n) is 1.72. The zero-order valence-corrected chi connectivity index (χ0v) is 8.09. The Hall–Kier alpha value is -0.0800. The van der Waals surface area contributed by atoms with Crippen LogP contribution in [0.15, 0.2) is 0 Å². The van der Waals surface area contributed by atoms with Gasteiger partial charge in [0.1, 0.15) is 0 Å². The van der Waals surface area contributed by atoms with Crippen LogP contribution in [0.5, 0.6) is 0 Å². The van der Waals surface area contributed by atoms with Crippen LogP contribution in [0.4, 0.5) is 0 Å². The molecule has 2 atom stereocenters. The molecule has 0 aliphatic heterocycles. The first-order valence-corrected chi connectivity index (χ1v) is 4.39. The zero-order valence-electron chi connectivity index (χ0n) is 8.09. The molecule has 11 heavy (non-hydrogen) atoms. The average Bonchev–Trinajstić information content (AvgIpc) is 2.00. The summed E-state index contributed by atoms with van der Waals surface area (Å²) < 4.78 is 10.5. The van der Waals surface area contributed by atoms with E-state index in [1.165, 1.54) is 12.8 Å². The van der Waals surface area contributed by atoms with Crippen molar-refractivity contribution in [3.8, 4) is 0 Å². The lowest BCUT2D eigenvalue weighted by Gasteiger charge is -2.17. The number of unbranched alkanes of at least 4 members (excludes halogenated alkanes) is 1. The number of methoxy groups -OCH3 is 1. The van der Waals surface area contributed by atoms with Gasteiger partial charge in [0.05, 0.1) is 6.10 Å². The van der Waals surface area contributed by atoms with E-state index < -0.39 is 0 Å². The molecule has 2 heteroatoms. The number of hydrogen-bond donors (Lipinski definition) is 0. The molecule has 0 aromatic carbocycles. The van der Waals surface area contributed by atoms with Crippen LogP contribution in [-0.2, 0) is 9.47 Å². The average molecular weight is 160 g/mol. The van der Waals surface area contributed by atoms with E-state index in [0.717, 1.165) is 6.42 Å². The minimum atomic E-state index is -0.0677. The Labute approximate surface area is 69.9 Å². The smallest absolute Gasteiger partial charge is 0.154 e. The van der Waals surface area contributed by atoms with Gasteiger partial charge in [-0.05, 0) is 20.3 Å². The maximum Gasteiger partial charge on any atom is 0.154 e. The zero-order chi connectivity index (χ0) is 8.69. The maximum atomic E-state index is 5.48. The Bertz CT molecular complexity index is 83.6. The monoisotopic (exact) mass is 160 g/mol. The van der Waals surface area contributed by atoms with E-state index >= 15 is 0 Å². The Kier molecular flexibility index (Phi) is 6.57. The highest BCUT2D eigenvalue weighted by Gasteiger charge is 2.05. The summed E-state index contributed by atoms with van der Waals surface area (Å²) in [7, 11) is 1.66. The molecule has 0 amide bonds. The second kappa shape index (κ2) is 6.62. The van der Waals surface area contributed by atoms with Crippen molar-refractivity contribution in [2.75, 3.05) is 7.11 Å². The highest BCUT2D eigenvalue weighted by atomic mass is 16.7. The molecular weight excluding hydrogens is 140 g/mol. The predicted octanol–water partition coefficient (Wildman–Crippen LogP) is 2.57. The van der Waals surface area contributed by atoms with E-state index in [1.807, 2.05) is 6.92 Å². The van der Waals surface area contributed by atoms with Crippen molar-refractivity contribution in [1.82, 2.24) is 0 Å². The van der Waals surface area contributed by atoms with Crippen LogP contribution in [0.25, 0.3) is 0 Å². The summed E-state index contributed by atoms with van der Waals surface area (Å²) >= 11 is 0. The first-order chi connectivity index (χ1) is 5.20. The molecule has 2 unspecified atom stereocenters. The Balaban J connectivity index is 3.27. The van der Waals surface area contributed by atoms with Crippen LogP contribution in [0.1, 0.15) is 40.0 Å². The third kappa shape index (κ3) is 6.32. The van der Waals surface area contributed by atoms with Gasteiger partial charge >= 0.3 is 0 Å². The van der Waals surface area contributed by atoms with Crippen molar-refractivity contribution in [2.45, 2.75) is 52.4 Å². The van der Waals surface area contributed by atoms with Crippen molar-refractivity contribution in [2.24, 2.45) is 0 Å². The SMILES string of the molecule is CCCCC(C)OC(C)OC. The van der Waals surface area contributed by atoms with Crippen LogP contribution in [0.2, 0.25) is 0 Å². The molecule has 0 N–H and O–H groups in total. The van der Waals surface area contributed by atoms with Gasteiger partial charge in [-0.1, -0.05) is 19.8 Å². The van der Waals surface area contributed by atoms with Crippen LogP contribution in [0.3, 0.4) is 0 Å². The second-order valence-corrected chi connectivity index (χ2v) is 2.89. The minimum Gasteiger partial charge on any atom is -0.356 e. The molecular formula is C9H20O2. The Morgan fingerprint density at radius 3 is 2.36 bits per heavy atom. The van der Waals surface area contributed by atoms with Gasteiger partial charge in [0.15, 0.2) is 6.29 Å². The summed E-state index contributed by atoms with van der Waals surface area (Å²) in [5, 5.41) is 0.